The number of carbonyl (C=O) groups is 1. The minimum absolute atomic E-state index is 0.150. The van der Waals surface area contributed by atoms with E-state index < -0.39 is 0 Å². The summed E-state index contributed by atoms with van der Waals surface area (Å²) in [7, 11) is 0. The molecule has 5 heteroatoms. The average molecular weight is 311 g/mol. The SMILES string of the molecule is CC(=O)N1CCc2c(sc3nc(-c4ccc(C)cc4)cn23)C1. The van der Waals surface area contributed by atoms with Crippen molar-refractivity contribution in [2.24, 2.45) is 0 Å². The molecule has 112 valence electrons. The van der Waals surface area contributed by atoms with Gasteiger partial charge in [0.1, 0.15) is 0 Å². The first-order valence-electron chi connectivity index (χ1n) is 7.44. The topological polar surface area (TPSA) is 37.6 Å². The largest absolute Gasteiger partial charge is 0.337 e. The van der Waals surface area contributed by atoms with Crippen LogP contribution in [-0.2, 0) is 17.8 Å². The summed E-state index contributed by atoms with van der Waals surface area (Å²) in [6.45, 7) is 5.25. The zero-order valence-electron chi connectivity index (χ0n) is 12.7. The molecule has 0 unspecified atom stereocenters. The fourth-order valence-electron chi connectivity index (χ4n) is 2.94. The van der Waals surface area contributed by atoms with Crippen LogP contribution in [0.1, 0.15) is 23.1 Å². The van der Waals surface area contributed by atoms with Gasteiger partial charge in [-0.1, -0.05) is 41.2 Å². The molecule has 2 aromatic heterocycles. The molecule has 0 spiro atoms. The number of imidazole rings is 1. The molecule has 3 aromatic rings. The fourth-order valence-corrected chi connectivity index (χ4v) is 4.11. The van der Waals surface area contributed by atoms with Gasteiger partial charge in [0, 0.05) is 42.2 Å². The van der Waals surface area contributed by atoms with Crippen molar-refractivity contribution in [3.8, 4) is 11.3 Å². The van der Waals surface area contributed by atoms with Gasteiger partial charge in [0.05, 0.1) is 12.2 Å². The van der Waals surface area contributed by atoms with E-state index in [-0.39, 0.29) is 5.91 Å². The Kier molecular flexibility index (Phi) is 3.04. The second kappa shape index (κ2) is 4.95. The van der Waals surface area contributed by atoms with Gasteiger partial charge in [0.2, 0.25) is 5.91 Å². The van der Waals surface area contributed by atoms with Crippen LogP contribution >= 0.6 is 11.3 Å². The van der Waals surface area contributed by atoms with Crippen LogP contribution in [0.15, 0.2) is 30.5 Å². The number of hydrogen-bond donors (Lipinski definition) is 0. The van der Waals surface area contributed by atoms with Crippen LogP contribution in [0.2, 0.25) is 0 Å². The smallest absolute Gasteiger partial charge is 0.219 e. The van der Waals surface area contributed by atoms with Gasteiger partial charge in [0.15, 0.2) is 4.96 Å². The molecule has 4 rings (SSSR count). The molecule has 1 aromatic carbocycles. The first-order valence-corrected chi connectivity index (χ1v) is 8.25. The molecule has 0 N–H and O–H groups in total. The Hall–Kier alpha value is -2.14. The lowest BCUT2D eigenvalue weighted by molar-refractivity contribution is -0.129. The van der Waals surface area contributed by atoms with E-state index in [1.54, 1.807) is 18.3 Å². The summed E-state index contributed by atoms with van der Waals surface area (Å²) in [5.41, 5.74) is 4.73. The van der Waals surface area contributed by atoms with Crippen LogP contribution in [0.3, 0.4) is 0 Å². The molecular weight excluding hydrogens is 294 g/mol. The van der Waals surface area contributed by atoms with Crippen LogP contribution in [-0.4, -0.2) is 26.7 Å². The Morgan fingerprint density at radius 2 is 2.05 bits per heavy atom. The highest BCUT2D eigenvalue weighted by atomic mass is 32.1. The highest BCUT2D eigenvalue weighted by Crippen LogP contribution is 2.31. The maximum atomic E-state index is 11.5. The lowest BCUT2D eigenvalue weighted by atomic mass is 10.1. The maximum Gasteiger partial charge on any atom is 0.219 e. The predicted molar refractivity (Wildman–Crippen MR) is 88.0 cm³/mol. The van der Waals surface area contributed by atoms with E-state index in [0.29, 0.717) is 0 Å². The van der Waals surface area contributed by atoms with Crippen LogP contribution in [0.25, 0.3) is 16.2 Å². The highest BCUT2D eigenvalue weighted by Gasteiger charge is 2.23. The number of aryl methyl sites for hydroxylation is 1. The molecule has 22 heavy (non-hydrogen) atoms. The van der Waals surface area contributed by atoms with Gasteiger partial charge in [-0.05, 0) is 6.92 Å². The maximum absolute atomic E-state index is 11.5. The van der Waals surface area contributed by atoms with E-state index in [0.717, 1.165) is 35.7 Å². The molecule has 0 fully saturated rings. The van der Waals surface area contributed by atoms with Gasteiger partial charge in [0.25, 0.3) is 0 Å². The number of hydrogen-bond acceptors (Lipinski definition) is 3. The van der Waals surface area contributed by atoms with Gasteiger partial charge < -0.3 is 4.90 Å². The van der Waals surface area contributed by atoms with Crippen LogP contribution in [0.5, 0.6) is 0 Å². The van der Waals surface area contributed by atoms with Crippen molar-refractivity contribution < 1.29 is 4.79 Å². The monoisotopic (exact) mass is 311 g/mol. The molecule has 0 bridgehead atoms. The third kappa shape index (κ3) is 2.13. The summed E-state index contributed by atoms with van der Waals surface area (Å²) in [6.07, 6.45) is 3.03. The standard InChI is InChI=1S/C17H17N3OS/c1-11-3-5-13(6-4-11)14-9-20-15-7-8-19(12(2)21)10-16(15)22-17(20)18-14/h3-6,9H,7-8,10H2,1-2H3. The Labute approximate surface area is 133 Å². The van der Waals surface area contributed by atoms with Crippen LogP contribution < -0.4 is 0 Å². The molecule has 0 aliphatic carbocycles. The second-order valence-corrected chi connectivity index (χ2v) is 6.87. The van der Waals surface area contributed by atoms with Crippen molar-refractivity contribution in [1.29, 1.82) is 0 Å². The summed E-state index contributed by atoms with van der Waals surface area (Å²) in [4.78, 5) is 20.5. The van der Waals surface area contributed by atoms with E-state index in [4.69, 9.17) is 4.98 Å². The molecule has 1 amide bonds. The van der Waals surface area contributed by atoms with Crippen molar-refractivity contribution in [2.45, 2.75) is 26.8 Å². The quantitative estimate of drug-likeness (QED) is 0.691. The molecule has 3 heterocycles. The molecule has 4 nitrogen and oxygen atoms in total. The van der Waals surface area contributed by atoms with Gasteiger partial charge in [-0.3, -0.25) is 9.20 Å². The minimum Gasteiger partial charge on any atom is -0.337 e. The second-order valence-electron chi connectivity index (χ2n) is 5.81. The van der Waals surface area contributed by atoms with Crippen molar-refractivity contribution in [3.05, 3.63) is 46.6 Å². The number of amides is 1. The van der Waals surface area contributed by atoms with Crippen LogP contribution in [0.4, 0.5) is 0 Å². The molecule has 1 aliphatic rings. The fraction of sp³-hybridized carbons (Fsp3) is 0.294. The third-order valence-corrected chi connectivity index (χ3v) is 5.33. The third-order valence-electron chi connectivity index (χ3n) is 4.25. The van der Waals surface area contributed by atoms with Crippen molar-refractivity contribution in [3.63, 3.8) is 0 Å². The zero-order valence-corrected chi connectivity index (χ0v) is 13.5. The average Bonchev–Trinajstić information content (AvgIpc) is 3.04. The summed E-state index contributed by atoms with van der Waals surface area (Å²) >= 11 is 1.70. The van der Waals surface area contributed by atoms with Gasteiger partial charge in [-0.2, -0.15) is 0 Å². The van der Waals surface area contributed by atoms with E-state index in [9.17, 15) is 4.79 Å². The highest BCUT2D eigenvalue weighted by molar-refractivity contribution is 7.17. The first-order chi connectivity index (χ1) is 10.6. The van der Waals surface area contributed by atoms with Gasteiger partial charge >= 0.3 is 0 Å². The van der Waals surface area contributed by atoms with E-state index in [2.05, 4.69) is 41.8 Å². The lowest BCUT2D eigenvalue weighted by Gasteiger charge is -2.25. The normalized spacial score (nSPS) is 14.4. The summed E-state index contributed by atoms with van der Waals surface area (Å²) in [5, 5.41) is 0. The van der Waals surface area contributed by atoms with Crippen molar-refractivity contribution >= 4 is 22.2 Å². The van der Waals surface area contributed by atoms with Gasteiger partial charge in [-0.25, -0.2) is 4.98 Å². The molecular formula is C17H17N3OS. The van der Waals surface area contributed by atoms with Crippen molar-refractivity contribution in [2.75, 3.05) is 6.54 Å². The molecule has 0 radical (unpaired) electrons. The van der Waals surface area contributed by atoms with E-state index >= 15 is 0 Å². The Morgan fingerprint density at radius 3 is 2.77 bits per heavy atom. The van der Waals surface area contributed by atoms with Gasteiger partial charge in [-0.15, -0.1) is 0 Å². The van der Waals surface area contributed by atoms with E-state index in [1.807, 2.05) is 4.90 Å². The summed E-state index contributed by atoms with van der Waals surface area (Å²) in [6, 6.07) is 8.46. The summed E-state index contributed by atoms with van der Waals surface area (Å²) < 4.78 is 2.20. The number of fused-ring (bicyclic) bond motifs is 3. The first kappa shape index (κ1) is 13.5. The summed E-state index contributed by atoms with van der Waals surface area (Å²) in [5.74, 6) is 0.150. The Bertz CT molecular complexity index is 860. The van der Waals surface area contributed by atoms with E-state index in [1.165, 1.54) is 16.1 Å². The molecule has 1 aliphatic heterocycles. The predicted octanol–water partition coefficient (Wildman–Crippen LogP) is 3.28. The van der Waals surface area contributed by atoms with Crippen molar-refractivity contribution in [1.82, 2.24) is 14.3 Å². The zero-order chi connectivity index (χ0) is 15.3. The molecule has 0 atom stereocenters. The number of benzene rings is 1. The number of thiazole rings is 1. The number of aromatic nitrogens is 2. The van der Waals surface area contributed by atoms with Crippen LogP contribution in [0, 0.1) is 6.92 Å². The number of nitrogens with zero attached hydrogens (tertiary/aromatic N) is 3. The molecule has 0 saturated heterocycles. The Balaban J connectivity index is 1.74. The minimum atomic E-state index is 0.150. The number of carbonyl (C=O) groups excluding carboxylic acids is 1. The lowest BCUT2D eigenvalue weighted by Crippen LogP contribution is -2.33. The molecule has 0 saturated carbocycles. The number of rotatable bonds is 1. The Morgan fingerprint density at radius 1 is 1.27 bits per heavy atom.